The number of piperazine rings is 1. The number of carbonyl (C=O) groups excluding carboxylic acids is 1. The maximum absolute atomic E-state index is 13.9. The highest BCUT2D eigenvalue weighted by Gasteiger charge is 2.42. The molecule has 6 aliphatic heterocycles. The highest BCUT2D eigenvalue weighted by atomic mass is 35.5. The molecule has 0 amide bonds. The molecule has 10 N–H and O–H groups in total. The number of nitrogens with zero attached hydrogens (tertiary/aromatic N) is 13. The molecule has 20 rings (SSSR count). The van der Waals surface area contributed by atoms with E-state index in [0.29, 0.717) is 86.3 Å². The fourth-order valence-electron chi connectivity index (χ4n) is 20.7. The van der Waals surface area contributed by atoms with Crippen molar-refractivity contribution in [3.63, 3.8) is 0 Å². The van der Waals surface area contributed by atoms with Gasteiger partial charge in [0, 0.05) is 181 Å². The number of sulfone groups is 1. The number of ether oxygens (including phenoxy) is 4. The SMILES string of the molecule is COc1cc(N2CCC(N)CC2)ccc1Nc1ncc(Cl)c(-c2c[nH]c3ccccc23)n1.COc1cc(N2CCC(N3CCN(C)CC3)CC2)ccc1Nc1ncc(Cl)c(Nc2ccccc2P(C)(C)=O)n1.Cc1cc(Nc2ncc(Cl)c(Nc3ccccc3S(=O)(=O)C(C)C)n2)c(OC(C)C)cc1C1CCNCC1.[C-]#[N+]c1ccc2c3c([nH]c2c1)C(C)(C)c1cc(N2CCC(N4CCOCC4)CC2)c(CC)cc1C3=O. The van der Waals surface area contributed by atoms with Crippen LogP contribution in [0.1, 0.15) is 150 Å². The Labute approximate surface area is 871 Å². The van der Waals surface area contributed by atoms with Gasteiger partial charge in [-0.2, -0.15) is 9.97 Å². The highest BCUT2D eigenvalue weighted by Crippen LogP contribution is 2.49. The largest absolute Gasteiger partial charge is 0.494 e. The van der Waals surface area contributed by atoms with E-state index in [9.17, 15) is 17.8 Å². The quantitative estimate of drug-likeness (QED) is 0.0190. The molecule has 35 heteroatoms. The van der Waals surface area contributed by atoms with E-state index in [-0.39, 0.29) is 27.2 Å². The smallest absolute Gasteiger partial charge is 0.229 e. The lowest BCUT2D eigenvalue weighted by Gasteiger charge is -2.42. The van der Waals surface area contributed by atoms with Gasteiger partial charge in [0.2, 0.25) is 17.8 Å². The molecule has 0 saturated carbocycles. The van der Waals surface area contributed by atoms with Gasteiger partial charge in [-0.05, 0) is 239 Å². The molecule has 0 unspecified atom stereocenters. The van der Waals surface area contributed by atoms with Crippen LogP contribution in [0.25, 0.3) is 37.9 Å². The lowest BCUT2D eigenvalue weighted by Crippen LogP contribution is -2.52. The van der Waals surface area contributed by atoms with Gasteiger partial charge in [-0.3, -0.25) is 14.6 Å². The monoisotopic (exact) mass is 2070 g/mol. The van der Waals surface area contributed by atoms with Crippen molar-refractivity contribution in [2.45, 2.75) is 159 Å². The number of aryl methyl sites for hydroxylation is 2. The molecule has 6 saturated heterocycles. The number of morpholine rings is 1. The van der Waals surface area contributed by atoms with E-state index in [1.165, 1.54) is 54.5 Å². The molecule has 768 valence electrons. The number of hydrogen-bond donors (Lipinski definition) is 9. The van der Waals surface area contributed by atoms with Gasteiger partial charge in [-0.25, -0.2) is 33.2 Å². The van der Waals surface area contributed by atoms with Gasteiger partial charge in [0.15, 0.2) is 32.9 Å². The van der Waals surface area contributed by atoms with E-state index in [4.69, 9.17) is 71.0 Å². The second kappa shape index (κ2) is 46.5. The minimum Gasteiger partial charge on any atom is -0.494 e. The van der Waals surface area contributed by atoms with Gasteiger partial charge in [0.05, 0.1) is 114 Å². The van der Waals surface area contributed by atoms with E-state index < -0.39 is 22.2 Å². The Balaban J connectivity index is 0.000000133. The summed E-state index contributed by atoms with van der Waals surface area (Å²) in [7, 11) is -0.483. The van der Waals surface area contributed by atoms with Crippen LogP contribution >= 0.6 is 41.9 Å². The maximum atomic E-state index is 13.9. The summed E-state index contributed by atoms with van der Waals surface area (Å²) >= 11 is 19.3. The fraction of sp³-hybridized carbons (Fsp3) is 0.405. The summed E-state index contributed by atoms with van der Waals surface area (Å²) < 4.78 is 61.7. The van der Waals surface area contributed by atoms with E-state index in [0.717, 1.165) is 237 Å². The average molecular weight is 2070 g/mol. The number of nitrogens with two attached hydrogens (primary N) is 1. The van der Waals surface area contributed by atoms with E-state index in [2.05, 4.69) is 178 Å². The zero-order valence-corrected chi connectivity index (χ0v) is 89.5. The van der Waals surface area contributed by atoms with E-state index in [1.807, 2.05) is 98.9 Å². The van der Waals surface area contributed by atoms with Crippen LogP contribution in [0.5, 0.6) is 17.2 Å². The third-order valence-electron chi connectivity index (χ3n) is 28.9. The maximum Gasteiger partial charge on any atom is 0.229 e. The molecule has 8 aromatic carbocycles. The molecule has 1 aliphatic carbocycles. The standard InChI is InChI=1S/C30H34N4O2.C29H39ClN7O2P.C28H36ClN5O3S.C24H25ClN6O/c1-5-19-16-23-24(18-26(19)34-10-8-21(9-11-34)33-12-14-36-15-13-33)30(2,3)29-27(28(23)35)22-7-6-20(31-4)17-25(22)32-29;1-35-15-17-37(18-16-35)21-11-13-36(14-12-21)22-9-10-24(26(19-22)39-2)33-29-31-20-23(30)28(34-29)32-25-7-5-6-8-27(25)40(3,4)38;1-17(2)37-25-15-21(20-10-12-30-13-11-20)19(5)14-24(25)33-28-31-16-22(29)27(34-28)32-23-8-6-7-9-26(23)38(35,36)18(3)4;1-32-22-12-16(31-10-8-15(26)9-11-31)6-7-21(22)29-24-28-14-19(25)23(30-24)18-13-27-20-5-3-2-4-17(18)20/h6-7,16-18,21,32H,5,8-15H2,1-3H3;5-10,19-21H,11-18H2,1-4H3,(H2,31,32,33,34);6-9,14-18,20,30H,10-13H2,1-5H3,(H2,31,32,33,34);2-7,12-15,27H,8-11,26H2,1H3,(H,28,29,30). The first-order valence-corrected chi connectivity index (χ1v) is 55.9. The van der Waals surface area contributed by atoms with Crippen molar-refractivity contribution in [3.8, 4) is 28.5 Å². The highest BCUT2D eigenvalue weighted by molar-refractivity contribution is 7.92. The number of carbonyl (C=O) groups is 1. The van der Waals surface area contributed by atoms with Gasteiger partial charge < -0.3 is 90.7 Å². The summed E-state index contributed by atoms with van der Waals surface area (Å²) in [4.78, 5) is 66.4. The van der Waals surface area contributed by atoms with Gasteiger partial charge in [-0.15, -0.1) is 0 Å². The zero-order chi connectivity index (χ0) is 103. The fourth-order valence-corrected chi connectivity index (χ4v) is 23.6. The van der Waals surface area contributed by atoms with Gasteiger partial charge in [0.1, 0.15) is 34.4 Å². The number of rotatable bonds is 25. The number of fused-ring (bicyclic) bond motifs is 5. The number of benzene rings is 8. The first-order chi connectivity index (χ1) is 70.3. The molecule has 6 fully saturated rings. The van der Waals surface area contributed by atoms with E-state index in [1.54, 1.807) is 84.1 Å². The number of piperidine rings is 4. The van der Waals surface area contributed by atoms with Crippen molar-refractivity contribution in [1.29, 1.82) is 0 Å². The van der Waals surface area contributed by atoms with Gasteiger partial charge >= 0.3 is 0 Å². The number of hydrogen-bond acceptors (Lipinski definition) is 27. The summed E-state index contributed by atoms with van der Waals surface area (Å²) in [5, 5.41) is 22.9. The number of anilines is 13. The van der Waals surface area contributed by atoms with Crippen LogP contribution < -0.4 is 71.8 Å². The first-order valence-electron chi connectivity index (χ1n) is 50.7. The lowest BCUT2D eigenvalue weighted by atomic mass is 9.70. The second-order valence-corrected chi connectivity index (χ2v) is 46.8. The molecule has 7 aliphatic rings. The Bertz CT molecular complexity index is 7050. The summed E-state index contributed by atoms with van der Waals surface area (Å²) in [5.74, 6) is 4.62. The molecular weight excluding hydrogens is 1940 g/mol. The van der Waals surface area contributed by atoms with Crippen LogP contribution in [0.4, 0.5) is 80.7 Å². The van der Waals surface area contributed by atoms with Crippen molar-refractivity contribution < 1.29 is 36.7 Å². The van der Waals surface area contributed by atoms with E-state index >= 15 is 0 Å². The van der Waals surface area contributed by atoms with Crippen molar-refractivity contribution in [2.75, 3.05) is 181 Å². The van der Waals surface area contributed by atoms with Crippen LogP contribution in [-0.2, 0) is 31.0 Å². The average Bonchev–Trinajstić information content (AvgIpc) is 1.50. The summed E-state index contributed by atoms with van der Waals surface area (Å²) in [6, 6.07) is 50.5. The third-order valence-corrected chi connectivity index (χ3v) is 33.5. The third kappa shape index (κ3) is 24.1. The molecule has 0 spiro atoms. The summed E-state index contributed by atoms with van der Waals surface area (Å²) in [5.41, 5.74) is 24.1. The molecular formula is C111H134Cl3N22O8PS. The number of likely N-dealkylation sites (N-methyl/N-ethyl adjacent to an activating group) is 1. The van der Waals surface area contributed by atoms with Crippen LogP contribution in [0.3, 0.4) is 0 Å². The molecule has 11 heterocycles. The Hall–Kier alpha value is -12.2. The number of halogens is 3. The molecule has 5 aromatic heterocycles. The lowest BCUT2D eigenvalue weighted by molar-refractivity contribution is 0.0115. The molecule has 13 aromatic rings. The Kier molecular flexibility index (Phi) is 33.5. The predicted octanol–water partition coefficient (Wildman–Crippen LogP) is 21.9. The van der Waals surface area contributed by atoms with Gasteiger partial charge in [-0.1, -0.05) is 110 Å². The van der Waals surface area contributed by atoms with Crippen LogP contribution in [0.15, 0.2) is 181 Å². The number of nitrogens with one attached hydrogen (secondary N) is 8. The molecule has 30 nitrogen and oxygen atoms in total. The Morgan fingerprint density at radius 2 is 1.14 bits per heavy atom. The number of aromatic nitrogens is 8. The number of H-pyrrole nitrogens is 2. The Morgan fingerprint density at radius 3 is 1.74 bits per heavy atom. The van der Waals surface area contributed by atoms with Crippen molar-refractivity contribution >= 4 is 165 Å². The van der Waals surface area contributed by atoms with Crippen LogP contribution in [-0.4, -0.2) is 238 Å². The molecule has 0 atom stereocenters. The molecule has 146 heavy (non-hydrogen) atoms. The van der Waals surface area contributed by atoms with Crippen molar-refractivity contribution in [2.24, 2.45) is 5.73 Å². The number of para-hydroxylation sites is 3. The van der Waals surface area contributed by atoms with Crippen LogP contribution in [0.2, 0.25) is 15.1 Å². The second-order valence-electron chi connectivity index (χ2n) is 40.0. The summed E-state index contributed by atoms with van der Waals surface area (Å²) in [6.45, 7) is 43.4. The minimum atomic E-state index is -3.52. The normalized spacial score (nSPS) is 16.8. The predicted molar refractivity (Wildman–Crippen MR) is 594 cm³/mol. The molecule has 0 bridgehead atoms. The van der Waals surface area contributed by atoms with Gasteiger partial charge in [0.25, 0.3) is 0 Å². The number of aromatic amines is 2. The topological polar surface area (TPSA) is 336 Å². The number of methoxy groups -OCH3 is 2. The summed E-state index contributed by atoms with van der Waals surface area (Å²) in [6.07, 6.45) is 16.3. The number of ketones is 1. The zero-order valence-electron chi connectivity index (χ0n) is 85.5. The minimum absolute atomic E-state index is 0.0121. The van der Waals surface area contributed by atoms with Crippen molar-refractivity contribution in [3.05, 3.63) is 242 Å². The van der Waals surface area contributed by atoms with Crippen LogP contribution in [0, 0.1) is 13.5 Å². The molecule has 0 radical (unpaired) electrons. The Morgan fingerprint density at radius 1 is 0.589 bits per heavy atom. The first kappa shape index (κ1) is 105. The van der Waals surface area contributed by atoms with Crippen molar-refractivity contribution in [1.82, 2.24) is 59.9 Å².